The Morgan fingerprint density at radius 1 is 0.302 bits per heavy atom. The molecule has 2 heterocycles. The Hall–Kier alpha value is -8.40. The van der Waals surface area contributed by atoms with Crippen LogP contribution >= 0.6 is 0 Å². The molecule has 3 nitrogen and oxygen atoms in total. The molecule has 0 radical (unpaired) electrons. The van der Waals surface area contributed by atoms with Crippen LogP contribution in [0.4, 0.5) is 17.1 Å². The minimum Gasteiger partial charge on any atom is -0.456 e. The Balaban J connectivity index is 1.01. The van der Waals surface area contributed by atoms with E-state index in [2.05, 4.69) is 252 Å². The summed E-state index contributed by atoms with van der Waals surface area (Å²) in [5.41, 5.74) is 17.7. The molecule has 0 spiro atoms. The molecule has 0 N–H and O–H groups in total. The Labute approximate surface area is 366 Å². The number of rotatable bonds is 8. The van der Waals surface area contributed by atoms with E-state index in [4.69, 9.17) is 4.42 Å². The second kappa shape index (κ2) is 15.3. The zero-order valence-corrected chi connectivity index (χ0v) is 34.4. The summed E-state index contributed by atoms with van der Waals surface area (Å²) < 4.78 is 9.21. The average molecular weight is 805 g/mol. The molecule has 12 rings (SSSR count). The van der Waals surface area contributed by atoms with Crippen LogP contribution < -0.4 is 4.90 Å². The van der Waals surface area contributed by atoms with Gasteiger partial charge in [-0.05, 0) is 105 Å². The Bertz CT molecular complexity index is 3530. The van der Waals surface area contributed by atoms with Crippen molar-refractivity contribution in [2.75, 3.05) is 4.90 Å². The van der Waals surface area contributed by atoms with Crippen molar-refractivity contribution in [3.05, 3.63) is 243 Å². The van der Waals surface area contributed by atoms with Crippen LogP contribution in [0.25, 0.3) is 93.9 Å². The molecule has 63 heavy (non-hydrogen) atoms. The lowest BCUT2D eigenvalue weighted by atomic mass is 9.93. The largest absolute Gasteiger partial charge is 0.456 e. The summed E-state index contributed by atoms with van der Waals surface area (Å²) in [5.74, 6) is 0. The van der Waals surface area contributed by atoms with Gasteiger partial charge in [-0.15, -0.1) is 0 Å². The van der Waals surface area contributed by atoms with Crippen LogP contribution in [0.15, 0.2) is 247 Å². The van der Waals surface area contributed by atoms with E-state index in [1.807, 2.05) is 0 Å². The van der Waals surface area contributed by atoms with Crippen molar-refractivity contribution in [2.24, 2.45) is 0 Å². The van der Waals surface area contributed by atoms with E-state index in [0.717, 1.165) is 55.8 Å². The summed E-state index contributed by atoms with van der Waals surface area (Å²) in [6, 6.07) is 86.9. The molecular weight excluding hydrogens is 765 g/mol. The van der Waals surface area contributed by atoms with E-state index in [0.29, 0.717) is 0 Å². The number of nitrogens with zero attached hydrogens (tertiary/aromatic N) is 2. The molecule has 0 aliphatic carbocycles. The van der Waals surface area contributed by atoms with Crippen LogP contribution in [0.2, 0.25) is 0 Å². The van der Waals surface area contributed by atoms with Gasteiger partial charge in [-0.3, -0.25) is 0 Å². The fraction of sp³-hybridized carbons (Fsp3) is 0. The number of benzene rings is 10. The van der Waals surface area contributed by atoms with Gasteiger partial charge in [-0.1, -0.05) is 176 Å². The van der Waals surface area contributed by atoms with Gasteiger partial charge in [-0.2, -0.15) is 0 Å². The average Bonchev–Trinajstić information content (AvgIpc) is 3.91. The third kappa shape index (κ3) is 6.38. The molecule has 0 aliphatic rings. The van der Waals surface area contributed by atoms with Crippen molar-refractivity contribution in [1.29, 1.82) is 0 Å². The van der Waals surface area contributed by atoms with Crippen LogP contribution in [-0.4, -0.2) is 4.57 Å². The molecule has 0 saturated carbocycles. The van der Waals surface area contributed by atoms with Gasteiger partial charge >= 0.3 is 0 Å². The van der Waals surface area contributed by atoms with Gasteiger partial charge < -0.3 is 13.9 Å². The topological polar surface area (TPSA) is 21.3 Å². The van der Waals surface area contributed by atoms with E-state index >= 15 is 0 Å². The molecule has 2 aromatic heterocycles. The molecule has 0 atom stereocenters. The van der Waals surface area contributed by atoms with E-state index in [1.54, 1.807) is 0 Å². The first kappa shape index (κ1) is 36.5. The number of para-hydroxylation sites is 2. The van der Waals surface area contributed by atoms with Crippen molar-refractivity contribution in [1.82, 2.24) is 4.57 Å². The molecule has 0 saturated heterocycles. The van der Waals surface area contributed by atoms with Gasteiger partial charge in [0.05, 0.1) is 22.1 Å². The predicted molar refractivity (Wildman–Crippen MR) is 264 cm³/mol. The van der Waals surface area contributed by atoms with Crippen LogP contribution in [0.1, 0.15) is 0 Å². The summed E-state index contributed by atoms with van der Waals surface area (Å²) in [7, 11) is 0. The minimum absolute atomic E-state index is 0.833. The third-order valence-electron chi connectivity index (χ3n) is 12.4. The Kier molecular flexibility index (Phi) is 8.83. The maximum Gasteiger partial charge on any atom is 0.137 e. The van der Waals surface area contributed by atoms with E-state index in [-0.39, 0.29) is 0 Å². The van der Waals surface area contributed by atoms with Gasteiger partial charge in [0, 0.05) is 39.3 Å². The van der Waals surface area contributed by atoms with Gasteiger partial charge in [-0.25, -0.2) is 0 Å². The lowest BCUT2D eigenvalue weighted by Crippen LogP contribution is -2.10. The summed E-state index contributed by atoms with van der Waals surface area (Å²) >= 11 is 0. The van der Waals surface area contributed by atoms with Crippen LogP contribution in [0, 0.1) is 0 Å². The molecule has 296 valence electrons. The van der Waals surface area contributed by atoms with Crippen molar-refractivity contribution < 1.29 is 4.42 Å². The van der Waals surface area contributed by atoms with Crippen LogP contribution in [-0.2, 0) is 0 Å². The zero-order valence-electron chi connectivity index (χ0n) is 34.4. The molecule has 0 bridgehead atoms. The molecule has 0 amide bonds. The quantitative estimate of drug-likeness (QED) is 0.153. The molecular formula is C60H40N2O. The Morgan fingerprint density at radius 3 is 1.40 bits per heavy atom. The summed E-state index contributed by atoms with van der Waals surface area (Å²) in [4.78, 5) is 2.35. The standard InChI is InChI=1S/C60H40N2O/c1-4-15-41(16-5-1)42-27-29-43(30-28-42)44-31-33-47(34-32-44)61(48-35-37-50(45-17-6-2-7-18-45)54(39-48)46-19-8-3-9-20-46)49-36-38-53-59(40-49)63-58-26-14-25-57(60(53)58)62-55-23-12-10-21-51(55)52-22-11-13-24-56(52)62/h1-40H. The molecule has 0 fully saturated rings. The highest BCUT2D eigenvalue weighted by Crippen LogP contribution is 2.44. The van der Waals surface area contributed by atoms with Gasteiger partial charge in [0.2, 0.25) is 0 Å². The summed E-state index contributed by atoms with van der Waals surface area (Å²) in [6.45, 7) is 0. The molecule has 10 aromatic carbocycles. The highest BCUT2D eigenvalue weighted by molar-refractivity contribution is 6.14. The lowest BCUT2D eigenvalue weighted by Gasteiger charge is -2.27. The maximum absolute atomic E-state index is 6.83. The molecule has 0 aliphatic heterocycles. The first-order valence-corrected chi connectivity index (χ1v) is 21.5. The number of hydrogen-bond acceptors (Lipinski definition) is 2. The fourth-order valence-corrected chi connectivity index (χ4v) is 9.44. The molecule has 0 unspecified atom stereocenters. The van der Waals surface area contributed by atoms with E-state index in [1.165, 1.54) is 55.2 Å². The van der Waals surface area contributed by atoms with E-state index < -0.39 is 0 Å². The van der Waals surface area contributed by atoms with Crippen molar-refractivity contribution >= 4 is 60.8 Å². The van der Waals surface area contributed by atoms with Crippen molar-refractivity contribution in [2.45, 2.75) is 0 Å². The highest BCUT2D eigenvalue weighted by atomic mass is 16.3. The number of fused-ring (bicyclic) bond motifs is 6. The number of anilines is 3. The third-order valence-corrected chi connectivity index (χ3v) is 12.4. The summed E-state index contributed by atoms with van der Waals surface area (Å²) in [6.07, 6.45) is 0. The van der Waals surface area contributed by atoms with Crippen molar-refractivity contribution in [3.8, 4) is 50.2 Å². The number of furan rings is 1. The monoisotopic (exact) mass is 804 g/mol. The Morgan fingerprint density at radius 2 is 0.778 bits per heavy atom. The second-order valence-corrected chi connectivity index (χ2v) is 16.1. The first-order chi connectivity index (χ1) is 31.2. The van der Waals surface area contributed by atoms with Crippen molar-refractivity contribution in [3.63, 3.8) is 0 Å². The van der Waals surface area contributed by atoms with Gasteiger partial charge in [0.25, 0.3) is 0 Å². The maximum atomic E-state index is 6.83. The first-order valence-electron chi connectivity index (χ1n) is 21.5. The minimum atomic E-state index is 0.833. The zero-order chi connectivity index (χ0) is 41.7. The number of aromatic nitrogens is 1. The van der Waals surface area contributed by atoms with Gasteiger partial charge in [0.15, 0.2) is 0 Å². The molecule has 3 heteroatoms. The van der Waals surface area contributed by atoms with Crippen LogP contribution in [0.3, 0.4) is 0 Å². The van der Waals surface area contributed by atoms with E-state index in [9.17, 15) is 0 Å². The SMILES string of the molecule is c1ccc(-c2ccc(-c3ccc(N(c4ccc(-c5ccccc5)c(-c5ccccc5)c4)c4ccc5c(c4)oc4cccc(-n6c7ccccc7c7ccccc76)c45)cc3)cc2)cc1. The molecule has 12 aromatic rings. The number of hydrogen-bond donors (Lipinski definition) is 0. The smallest absolute Gasteiger partial charge is 0.137 e. The fourth-order valence-electron chi connectivity index (χ4n) is 9.44. The van der Waals surface area contributed by atoms with Crippen LogP contribution in [0.5, 0.6) is 0 Å². The normalized spacial score (nSPS) is 11.5. The summed E-state index contributed by atoms with van der Waals surface area (Å²) in [5, 5.41) is 4.64. The highest BCUT2D eigenvalue weighted by Gasteiger charge is 2.21. The van der Waals surface area contributed by atoms with Gasteiger partial charge in [0.1, 0.15) is 11.2 Å². The second-order valence-electron chi connectivity index (χ2n) is 16.1. The lowest BCUT2D eigenvalue weighted by molar-refractivity contribution is 0.669. The predicted octanol–water partition coefficient (Wildman–Crippen LogP) is 16.8.